The van der Waals surface area contributed by atoms with Gasteiger partial charge in [0.05, 0.1) is 39.1 Å². The molecule has 0 bridgehead atoms. The van der Waals surface area contributed by atoms with Crippen LogP contribution < -0.4 is 9.47 Å². The Hall–Kier alpha value is -0.970. The molecule has 0 amide bonds. The van der Waals surface area contributed by atoms with Gasteiger partial charge in [0.1, 0.15) is 6.10 Å². The Kier molecular flexibility index (Phi) is 4.10. The Morgan fingerprint density at radius 2 is 2.12 bits per heavy atom. The molecular weight excluding hydrogens is 244 g/mol. The molecule has 1 aliphatic heterocycles. The monoisotopic (exact) mass is 258 g/mol. The summed E-state index contributed by atoms with van der Waals surface area (Å²) in [5.41, 5.74) is 0.952. The predicted molar refractivity (Wildman–Crippen MR) is 64.0 cm³/mol. The fraction of sp³-hybridized carbons (Fsp3) is 0.500. The summed E-state index contributed by atoms with van der Waals surface area (Å²) in [6.07, 6.45) is 0.269. The van der Waals surface area contributed by atoms with Crippen molar-refractivity contribution in [3.63, 3.8) is 0 Å². The van der Waals surface area contributed by atoms with Crippen molar-refractivity contribution in [1.82, 2.24) is 0 Å². The minimum Gasteiger partial charge on any atom is -0.493 e. The summed E-state index contributed by atoms with van der Waals surface area (Å²) in [5, 5.41) is 0.521. The van der Waals surface area contributed by atoms with E-state index in [1.165, 1.54) is 0 Å². The maximum Gasteiger partial charge on any atom is 0.179 e. The van der Waals surface area contributed by atoms with E-state index in [1.54, 1.807) is 14.2 Å². The Morgan fingerprint density at radius 1 is 1.35 bits per heavy atom. The van der Waals surface area contributed by atoms with Gasteiger partial charge in [0.25, 0.3) is 0 Å². The van der Waals surface area contributed by atoms with Crippen LogP contribution in [0.4, 0.5) is 0 Å². The highest BCUT2D eigenvalue weighted by molar-refractivity contribution is 6.32. The number of methoxy groups -OCH3 is 2. The molecule has 2 rings (SSSR count). The van der Waals surface area contributed by atoms with Crippen LogP contribution in [0.2, 0.25) is 5.02 Å². The zero-order valence-electron chi connectivity index (χ0n) is 9.86. The highest BCUT2D eigenvalue weighted by Gasteiger charge is 2.22. The topological polar surface area (TPSA) is 40.2 Å². The van der Waals surface area contributed by atoms with Gasteiger partial charge in [-0.05, 0) is 17.7 Å². The number of epoxide rings is 1. The van der Waals surface area contributed by atoms with Crippen LogP contribution in [-0.2, 0) is 16.1 Å². The molecule has 0 saturated carbocycles. The van der Waals surface area contributed by atoms with Crippen LogP contribution >= 0.6 is 11.6 Å². The highest BCUT2D eigenvalue weighted by atomic mass is 35.5. The number of hydrogen-bond donors (Lipinski definition) is 0. The van der Waals surface area contributed by atoms with Gasteiger partial charge < -0.3 is 18.9 Å². The number of hydrogen-bond acceptors (Lipinski definition) is 4. The maximum absolute atomic E-state index is 6.08. The molecule has 0 N–H and O–H groups in total. The average molecular weight is 259 g/mol. The van der Waals surface area contributed by atoms with Crippen molar-refractivity contribution in [3.05, 3.63) is 22.7 Å². The molecule has 1 aromatic carbocycles. The van der Waals surface area contributed by atoms with E-state index >= 15 is 0 Å². The van der Waals surface area contributed by atoms with Gasteiger partial charge in [-0.15, -0.1) is 0 Å². The van der Waals surface area contributed by atoms with Gasteiger partial charge in [0.2, 0.25) is 0 Å². The van der Waals surface area contributed by atoms with Gasteiger partial charge in [-0.3, -0.25) is 0 Å². The van der Waals surface area contributed by atoms with Crippen molar-refractivity contribution in [2.45, 2.75) is 12.7 Å². The van der Waals surface area contributed by atoms with Crippen LogP contribution in [0.5, 0.6) is 11.5 Å². The van der Waals surface area contributed by atoms with E-state index in [9.17, 15) is 0 Å². The first-order valence-corrected chi connectivity index (χ1v) is 5.72. The normalized spacial score (nSPS) is 17.9. The Morgan fingerprint density at radius 3 is 2.71 bits per heavy atom. The lowest BCUT2D eigenvalue weighted by Gasteiger charge is -2.11. The molecule has 94 valence electrons. The van der Waals surface area contributed by atoms with Crippen LogP contribution in [0.3, 0.4) is 0 Å². The van der Waals surface area contributed by atoms with Crippen LogP contribution in [0.25, 0.3) is 0 Å². The first-order chi connectivity index (χ1) is 8.24. The quantitative estimate of drug-likeness (QED) is 0.734. The van der Waals surface area contributed by atoms with Crippen LogP contribution in [0, 0.1) is 0 Å². The van der Waals surface area contributed by atoms with Crippen molar-refractivity contribution >= 4 is 11.6 Å². The molecule has 1 atom stereocenters. The van der Waals surface area contributed by atoms with Crippen molar-refractivity contribution in [3.8, 4) is 11.5 Å². The minimum atomic E-state index is 0.269. The highest BCUT2D eigenvalue weighted by Crippen LogP contribution is 2.36. The predicted octanol–water partition coefficient (Wildman–Crippen LogP) is 2.27. The summed E-state index contributed by atoms with van der Waals surface area (Å²) in [6, 6.07) is 3.68. The van der Waals surface area contributed by atoms with Crippen LogP contribution in [0.15, 0.2) is 12.1 Å². The van der Waals surface area contributed by atoms with E-state index in [-0.39, 0.29) is 6.10 Å². The molecule has 5 heteroatoms. The van der Waals surface area contributed by atoms with Crippen molar-refractivity contribution in [2.24, 2.45) is 0 Å². The lowest BCUT2D eigenvalue weighted by molar-refractivity contribution is 0.104. The largest absolute Gasteiger partial charge is 0.493 e. The molecule has 0 aromatic heterocycles. The van der Waals surface area contributed by atoms with Gasteiger partial charge in [-0.2, -0.15) is 0 Å². The Bertz CT molecular complexity index is 390. The summed E-state index contributed by atoms with van der Waals surface area (Å²) in [6.45, 7) is 1.90. The first-order valence-electron chi connectivity index (χ1n) is 5.34. The zero-order chi connectivity index (χ0) is 12.3. The molecule has 17 heavy (non-hydrogen) atoms. The van der Waals surface area contributed by atoms with Crippen LogP contribution in [-0.4, -0.2) is 33.5 Å². The molecule has 0 radical (unpaired) electrons. The molecule has 4 nitrogen and oxygen atoms in total. The van der Waals surface area contributed by atoms with Crippen molar-refractivity contribution in [2.75, 3.05) is 27.4 Å². The summed E-state index contributed by atoms with van der Waals surface area (Å²) >= 11 is 6.08. The first kappa shape index (κ1) is 12.5. The molecule has 1 saturated heterocycles. The fourth-order valence-electron chi connectivity index (χ4n) is 1.53. The molecule has 0 spiro atoms. The third-order valence-corrected chi connectivity index (χ3v) is 2.75. The van der Waals surface area contributed by atoms with E-state index in [0.29, 0.717) is 29.7 Å². The molecule has 1 aromatic rings. The Labute approximate surface area is 105 Å². The molecule has 0 aliphatic carbocycles. The summed E-state index contributed by atoms with van der Waals surface area (Å²) in [5.74, 6) is 1.16. The molecule has 1 aliphatic rings. The van der Waals surface area contributed by atoms with E-state index in [0.717, 1.165) is 12.2 Å². The smallest absolute Gasteiger partial charge is 0.179 e. The number of rotatable bonds is 6. The minimum absolute atomic E-state index is 0.269. The SMILES string of the molecule is COc1cc(COC[C@H]2CO2)cc(Cl)c1OC. The lowest BCUT2D eigenvalue weighted by atomic mass is 10.2. The summed E-state index contributed by atoms with van der Waals surface area (Å²) in [4.78, 5) is 0. The summed E-state index contributed by atoms with van der Waals surface area (Å²) < 4.78 is 20.9. The fourth-order valence-corrected chi connectivity index (χ4v) is 1.84. The maximum atomic E-state index is 6.08. The van der Waals surface area contributed by atoms with Gasteiger partial charge in [0.15, 0.2) is 11.5 Å². The van der Waals surface area contributed by atoms with Crippen molar-refractivity contribution < 1.29 is 18.9 Å². The van der Waals surface area contributed by atoms with Gasteiger partial charge in [0, 0.05) is 0 Å². The molecule has 0 unspecified atom stereocenters. The zero-order valence-corrected chi connectivity index (χ0v) is 10.6. The second-order valence-electron chi connectivity index (χ2n) is 3.78. The third kappa shape index (κ3) is 3.25. The number of ether oxygens (including phenoxy) is 4. The number of halogens is 1. The second-order valence-corrected chi connectivity index (χ2v) is 4.19. The average Bonchev–Trinajstić information content (AvgIpc) is 3.12. The van der Waals surface area contributed by atoms with E-state index in [4.69, 9.17) is 30.5 Å². The van der Waals surface area contributed by atoms with Crippen molar-refractivity contribution in [1.29, 1.82) is 0 Å². The van der Waals surface area contributed by atoms with E-state index in [2.05, 4.69) is 0 Å². The molecule has 1 fully saturated rings. The molecule has 1 heterocycles. The molecular formula is C12H15ClO4. The van der Waals surface area contributed by atoms with Gasteiger partial charge >= 0.3 is 0 Å². The van der Waals surface area contributed by atoms with Gasteiger partial charge in [-0.1, -0.05) is 11.6 Å². The summed E-state index contributed by atoms with van der Waals surface area (Å²) in [7, 11) is 3.14. The number of benzene rings is 1. The lowest BCUT2D eigenvalue weighted by Crippen LogP contribution is -2.02. The second kappa shape index (κ2) is 5.58. The van der Waals surface area contributed by atoms with E-state index in [1.807, 2.05) is 12.1 Å². The standard InChI is InChI=1S/C12H15ClO4/c1-14-11-4-8(3-10(13)12(11)15-2)5-16-6-9-7-17-9/h3-4,9H,5-7H2,1-2H3/t9-/m0/s1. The van der Waals surface area contributed by atoms with E-state index < -0.39 is 0 Å². The van der Waals surface area contributed by atoms with Gasteiger partial charge in [-0.25, -0.2) is 0 Å². The van der Waals surface area contributed by atoms with Crippen LogP contribution in [0.1, 0.15) is 5.56 Å². The Balaban J connectivity index is 2.03. The third-order valence-electron chi connectivity index (χ3n) is 2.47.